The molecule has 6 heteroatoms. The van der Waals surface area contributed by atoms with E-state index >= 15 is 0 Å². The number of aryl methyl sites for hydroxylation is 1. The summed E-state index contributed by atoms with van der Waals surface area (Å²) in [6.07, 6.45) is 9.89. The lowest BCUT2D eigenvalue weighted by molar-refractivity contribution is -0.126. The summed E-state index contributed by atoms with van der Waals surface area (Å²) in [5.74, 6) is 3.44. The van der Waals surface area contributed by atoms with Gasteiger partial charge in [-0.15, -0.1) is 11.3 Å². The molecule has 6 rings (SSSR count). The predicted octanol–water partition coefficient (Wildman–Crippen LogP) is 4.22. The number of hydrogen-bond acceptors (Lipinski definition) is 5. The first-order chi connectivity index (χ1) is 13.1. The van der Waals surface area contributed by atoms with Crippen LogP contribution in [0.25, 0.3) is 0 Å². The Morgan fingerprint density at radius 1 is 1.22 bits per heavy atom. The number of nitrogens with zero attached hydrogens (tertiary/aromatic N) is 2. The maximum atomic E-state index is 12.7. The molecule has 0 aromatic carbocycles. The maximum absolute atomic E-state index is 12.7. The number of amides is 1. The summed E-state index contributed by atoms with van der Waals surface area (Å²) in [6.45, 7) is 2.04. The van der Waals surface area contributed by atoms with Crippen molar-refractivity contribution in [1.82, 2.24) is 15.3 Å². The second-order valence-electron chi connectivity index (χ2n) is 8.91. The largest absolute Gasteiger partial charge is 0.350 e. The van der Waals surface area contributed by atoms with Crippen molar-refractivity contribution in [1.29, 1.82) is 0 Å². The van der Waals surface area contributed by atoms with Crippen LogP contribution in [-0.2, 0) is 11.2 Å². The smallest absolute Gasteiger partial charge is 0.226 e. The highest BCUT2D eigenvalue weighted by molar-refractivity contribution is 7.13. The third kappa shape index (κ3) is 3.59. The zero-order chi connectivity index (χ0) is 18.4. The maximum Gasteiger partial charge on any atom is 0.226 e. The number of hydrogen-bond donors (Lipinski definition) is 2. The lowest BCUT2D eigenvalue weighted by atomic mass is 9.53. The van der Waals surface area contributed by atoms with E-state index in [1.165, 1.54) is 49.9 Å². The molecule has 0 aliphatic heterocycles. The molecule has 5 nitrogen and oxygen atoms in total. The van der Waals surface area contributed by atoms with Gasteiger partial charge in [0.1, 0.15) is 5.82 Å². The van der Waals surface area contributed by atoms with Crippen molar-refractivity contribution in [2.24, 2.45) is 17.8 Å². The summed E-state index contributed by atoms with van der Waals surface area (Å²) in [5.41, 5.74) is 2.06. The molecule has 0 spiro atoms. The molecule has 4 saturated carbocycles. The second-order valence-corrected chi connectivity index (χ2v) is 9.77. The summed E-state index contributed by atoms with van der Waals surface area (Å²) in [4.78, 5) is 21.6. The van der Waals surface area contributed by atoms with Gasteiger partial charge in [0.25, 0.3) is 0 Å². The molecule has 0 atom stereocenters. The van der Waals surface area contributed by atoms with E-state index < -0.39 is 0 Å². The van der Waals surface area contributed by atoms with E-state index in [2.05, 4.69) is 20.6 Å². The van der Waals surface area contributed by atoms with Crippen molar-refractivity contribution in [3.63, 3.8) is 0 Å². The normalized spacial score (nSPS) is 31.1. The number of carbonyl (C=O) groups excluding carboxylic acids is 1. The first-order valence-corrected chi connectivity index (χ1v) is 10.9. The molecule has 142 valence electrons. The van der Waals surface area contributed by atoms with Gasteiger partial charge in [0.2, 0.25) is 5.91 Å². The van der Waals surface area contributed by atoms with Crippen LogP contribution in [-0.4, -0.2) is 21.4 Å². The van der Waals surface area contributed by atoms with Gasteiger partial charge in [-0.2, -0.15) is 0 Å². The van der Waals surface area contributed by atoms with E-state index in [1.807, 2.05) is 24.4 Å². The minimum Gasteiger partial charge on any atom is -0.350 e. The van der Waals surface area contributed by atoms with Gasteiger partial charge in [-0.3, -0.25) is 4.79 Å². The molecule has 4 aliphatic rings. The standard InChI is InChI=1S/C21H26N4OS/c1-13-2-3-22-18(4-13)24-20-23-17(12-27-20)8-19(26)25-21-9-14-5-15(10-21)7-16(6-14)11-21/h2-4,12,14-16H,5-11H2,1H3,(H,25,26)(H,22,23,24). The number of aromatic nitrogens is 2. The highest BCUT2D eigenvalue weighted by Gasteiger charge is 2.51. The molecule has 1 amide bonds. The molecular weight excluding hydrogens is 356 g/mol. The molecule has 0 unspecified atom stereocenters. The Hall–Kier alpha value is -1.95. The molecule has 2 aromatic heterocycles. The highest BCUT2D eigenvalue weighted by atomic mass is 32.1. The molecule has 0 saturated heterocycles. The van der Waals surface area contributed by atoms with Gasteiger partial charge in [0.05, 0.1) is 12.1 Å². The van der Waals surface area contributed by atoms with Crippen molar-refractivity contribution in [3.8, 4) is 0 Å². The molecule has 0 radical (unpaired) electrons. The monoisotopic (exact) mass is 382 g/mol. The van der Waals surface area contributed by atoms with Crippen LogP contribution < -0.4 is 10.6 Å². The first-order valence-electron chi connectivity index (χ1n) is 10.0. The minimum atomic E-state index is 0.0778. The van der Waals surface area contributed by atoms with E-state index in [0.29, 0.717) is 6.42 Å². The van der Waals surface area contributed by atoms with E-state index in [4.69, 9.17) is 0 Å². The number of carbonyl (C=O) groups is 1. The summed E-state index contributed by atoms with van der Waals surface area (Å²) in [6, 6.07) is 3.95. The number of rotatable bonds is 5. The van der Waals surface area contributed by atoms with Crippen LogP contribution in [0.5, 0.6) is 0 Å². The van der Waals surface area contributed by atoms with Crippen LogP contribution >= 0.6 is 11.3 Å². The van der Waals surface area contributed by atoms with E-state index in [1.54, 1.807) is 6.20 Å². The Morgan fingerprint density at radius 2 is 1.93 bits per heavy atom. The fourth-order valence-electron chi connectivity index (χ4n) is 5.93. The number of nitrogens with one attached hydrogen (secondary N) is 2. The van der Waals surface area contributed by atoms with Gasteiger partial charge >= 0.3 is 0 Å². The molecule has 4 bridgehead atoms. The van der Waals surface area contributed by atoms with E-state index in [0.717, 1.165) is 40.0 Å². The third-order valence-corrected chi connectivity index (χ3v) is 7.29. The van der Waals surface area contributed by atoms with Crippen molar-refractivity contribution < 1.29 is 4.79 Å². The quantitative estimate of drug-likeness (QED) is 0.813. The summed E-state index contributed by atoms with van der Waals surface area (Å²) in [5, 5.41) is 9.41. The Bertz CT molecular complexity index is 826. The third-order valence-electron chi connectivity index (χ3n) is 6.49. The van der Waals surface area contributed by atoms with Crippen LogP contribution in [0.2, 0.25) is 0 Å². The van der Waals surface area contributed by atoms with Crippen molar-refractivity contribution >= 4 is 28.2 Å². The van der Waals surface area contributed by atoms with Crippen molar-refractivity contribution in [3.05, 3.63) is 35.0 Å². The van der Waals surface area contributed by atoms with Crippen LogP contribution in [0, 0.1) is 24.7 Å². The second kappa shape index (κ2) is 6.59. The summed E-state index contributed by atoms with van der Waals surface area (Å²) >= 11 is 1.52. The topological polar surface area (TPSA) is 66.9 Å². The fraction of sp³-hybridized carbons (Fsp3) is 0.571. The number of pyridine rings is 1. The lowest BCUT2D eigenvalue weighted by Gasteiger charge is -2.56. The van der Waals surface area contributed by atoms with Crippen LogP contribution in [0.3, 0.4) is 0 Å². The summed E-state index contributed by atoms with van der Waals surface area (Å²) < 4.78 is 0. The summed E-state index contributed by atoms with van der Waals surface area (Å²) in [7, 11) is 0. The van der Waals surface area contributed by atoms with Crippen LogP contribution in [0.1, 0.15) is 49.8 Å². The molecular formula is C21H26N4OS. The zero-order valence-corrected chi connectivity index (χ0v) is 16.5. The van der Waals surface area contributed by atoms with Gasteiger partial charge < -0.3 is 10.6 Å². The highest BCUT2D eigenvalue weighted by Crippen LogP contribution is 2.55. The average molecular weight is 383 g/mol. The van der Waals surface area contributed by atoms with Crippen LogP contribution in [0.4, 0.5) is 10.9 Å². The SMILES string of the molecule is Cc1ccnc(Nc2nc(CC(=O)NC34CC5CC(CC(C5)C3)C4)cs2)c1. The fourth-order valence-corrected chi connectivity index (χ4v) is 6.65. The number of thiazole rings is 1. The first kappa shape index (κ1) is 17.2. The van der Waals surface area contributed by atoms with Gasteiger partial charge in [0.15, 0.2) is 5.13 Å². The Kier molecular flexibility index (Phi) is 4.19. The Balaban J connectivity index is 1.21. The van der Waals surface area contributed by atoms with Crippen molar-refractivity contribution in [2.45, 2.75) is 57.4 Å². The van der Waals surface area contributed by atoms with Gasteiger partial charge in [-0.1, -0.05) is 0 Å². The van der Waals surface area contributed by atoms with Gasteiger partial charge in [-0.05, 0) is 80.9 Å². The Labute approximate surface area is 164 Å². The predicted molar refractivity (Wildman–Crippen MR) is 107 cm³/mol. The molecule has 4 fully saturated rings. The van der Waals surface area contributed by atoms with Gasteiger partial charge in [-0.25, -0.2) is 9.97 Å². The van der Waals surface area contributed by atoms with Crippen molar-refractivity contribution in [2.75, 3.05) is 5.32 Å². The lowest BCUT2D eigenvalue weighted by Crippen LogP contribution is -2.60. The molecule has 4 aliphatic carbocycles. The molecule has 2 N–H and O–H groups in total. The average Bonchev–Trinajstić information content (AvgIpc) is 2.99. The van der Waals surface area contributed by atoms with Gasteiger partial charge in [0, 0.05) is 17.1 Å². The number of anilines is 2. The molecule has 2 heterocycles. The van der Waals surface area contributed by atoms with E-state index in [-0.39, 0.29) is 11.4 Å². The zero-order valence-electron chi connectivity index (χ0n) is 15.7. The Morgan fingerprint density at radius 3 is 2.59 bits per heavy atom. The van der Waals surface area contributed by atoms with E-state index in [9.17, 15) is 4.79 Å². The van der Waals surface area contributed by atoms with Crippen LogP contribution in [0.15, 0.2) is 23.7 Å². The minimum absolute atomic E-state index is 0.0778. The molecule has 2 aromatic rings. The molecule has 27 heavy (non-hydrogen) atoms.